The van der Waals surface area contributed by atoms with Gasteiger partial charge >= 0.3 is 12.1 Å². The Kier molecular flexibility index (Phi) is 6.86. The highest BCUT2D eigenvalue weighted by molar-refractivity contribution is 7.98. The van der Waals surface area contributed by atoms with Gasteiger partial charge in [0.05, 0.1) is 6.61 Å². The largest absolute Gasteiger partial charge is 0.480 e. The zero-order chi connectivity index (χ0) is 24.5. The molecule has 0 saturated carbocycles. The van der Waals surface area contributed by atoms with Crippen LogP contribution in [0.15, 0.2) is 48.5 Å². The lowest BCUT2D eigenvalue weighted by atomic mass is 9.98. The summed E-state index contributed by atoms with van der Waals surface area (Å²) in [5.41, 5.74) is 3.33. The molecule has 8 nitrogen and oxygen atoms in total. The second kappa shape index (κ2) is 9.68. The van der Waals surface area contributed by atoms with E-state index in [0.29, 0.717) is 0 Å². The normalized spacial score (nSPS) is 19.3. The Balaban J connectivity index is 1.46. The van der Waals surface area contributed by atoms with Crippen molar-refractivity contribution in [2.45, 2.75) is 37.6 Å². The first-order valence-corrected chi connectivity index (χ1v) is 12.4. The first-order chi connectivity index (χ1) is 16.2. The van der Waals surface area contributed by atoms with E-state index in [1.54, 1.807) is 20.1 Å². The van der Waals surface area contributed by atoms with E-state index < -0.39 is 35.8 Å². The van der Waals surface area contributed by atoms with Crippen LogP contribution in [0.4, 0.5) is 4.79 Å². The summed E-state index contributed by atoms with van der Waals surface area (Å²) in [5.74, 6) is -1.50. The van der Waals surface area contributed by atoms with Crippen LogP contribution in [0, 0.1) is 0 Å². The Bertz CT molecular complexity index is 1060. The topological polar surface area (TPSA) is 105 Å². The molecule has 0 radical (unpaired) electrons. The molecule has 2 amide bonds. The van der Waals surface area contributed by atoms with E-state index in [1.807, 2.05) is 36.4 Å². The van der Waals surface area contributed by atoms with Gasteiger partial charge in [-0.05, 0) is 42.4 Å². The van der Waals surface area contributed by atoms with Crippen molar-refractivity contribution in [3.8, 4) is 11.1 Å². The summed E-state index contributed by atoms with van der Waals surface area (Å²) in [7, 11) is 0. The van der Waals surface area contributed by atoms with Gasteiger partial charge in [0.15, 0.2) is 6.04 Å². The van der Waals surface area contributed by atoms with Crippen LogP contribution in [0.25, 0.3) is 11.1 Å². The van der Waals surface area contributed by atoms with Crippen molar-refractivity contribution in [1.82, 2.24) is 10.2 Å². The molecule has 2 N–H and O–H groups in total. The molecule has 1 aliphatic heterocycles. The van der Waals surface area contributed by atoms with E-state index in [4.69, 9.17) is 9.47 Å². The number of hydrogen-bond donors (Lipinski definition) is 2. The van der Waals surface area contributed by atoms with Gasteiger partial charge in [-0.3, -0.25) is 9.69 Å². The number of carboxylic acids is 1. The second-order valence-electron chi connectivity index (χ2n) is 8.80. The summed E-state index contributed by atoms with van der Waals surface area (Å²) >= 11 is 1.37. The zero-order valence-electron chi connectivity index (χ0n) is 19.3. The van der Waals surface area contributed by atoms with Crippen molar-refractivity contribution in [2.24, 2.45) is 0 Å². The van der Waals surface area contributed by atoms with Crippen LogP contribution < -0.4 is 5.32 Å². The predicted molar refractivity (Wildman–Crippen MR) is 129 cm³/mol. The third-order valence-corrected chi connectivity index (χ3v) is 6.94. The number of hydrogen-bond acceptors (Lipinski definition) is 6. The Morgan fingerprint density at radius 3 is 2.29 bits per heavy atom. The minimum absolute atomic E-state index is 0.102. The SMILES string of the molecule is CSC[C@@H](NC(=O)OCC1c2ccccc2-c2ccccc21)C(=O)N1C(C(=O)O)COC1(C)C. The van der Waals surface area contributed by atoms with E-state index in [0.717, 1.165) is 22.3 Å². The molecule has 2 aliphatic rings. The van der Waals surface area contributed by atoms with Gasteiger partial charge in [0, 0.05) is 11.7 Å². The van der Waals surface area contributed by atoms with Crippen LogP contribution >= 0.6 is 11.8 Å². The molecule has 4 rings (SSSR count). The maximum atomic E-state index is 13.3. The fourth-order valence-corrected chi connectivity index (χ4v) is 5.25. The number of nitrogens with zero attached hydrogens (tertiary/aromatic N) is 1. The van der Waals surface area contributed by atoms with E-state index in [2.05, 4.69) is 17.4 Å². The summed E-state index contributed by atoms with van der Waals surface area (Å²) in [4.78, 5) is 38.9. The summed E-state index contributed by atoms with van der Waals surface area (Å²) < 4.78 is 11.1. The molecule has 1 heterocycles. The van der Waals surface area contributed by atoms with Gasteiger partial charge in [-0.15, -0.1) is 0 Å². The number of benzene rings is 2. The lowest BCUT2D eigenvalue weighted by Crippen LogP contribution is -2.58. The molecule has 0 spiro atoms. The predicted octanol–water partition coefficient (Wildman–Crippen LogP) is 3.30. The minimum atomic E-state index is -1.15. The number of alkyl carbamates (subject to hydrolysis) is 1. The van der Waals surface area contributed by atoms with Gasteiger partial charge in [0.1, 0.15) is 18.4 Å². The number of nitrogens with one attached hydrogen (secondary N) is 1. The number of carboxylic acid groups (broad SMARTS) is 1. The van der Waals surface area contributed by atoms with E-state index in [9.17, 15) is 19.5 Å². The van der Waals surface area contributed by atoms with Crippen LogP contribution in [-0.2, 0) is 19.1 Å². The van der Waals surface area contributed by atoms with E-state index in [-0.39, 0.29) is 24.9 Å². The Labute approximate surface area is 202 Å². The third-order valence-electron chi connectivity index (χ3n) is 6.28. The number of carbonyl (C=O) groups is 3. The smallest absolute Gasteiger partial charge is 0.407 e. The van der Waals surface area contributed by atoms with Crippen molar-refractivity contribution >= 4 is 29.7 Å². The summed E-state index contributed by atoms with van der Waals surface area (Å²) in [6.07, 6.45) is 1.08. The molecule has 0 bridgehead atoms. The summed E-state index contributed by atoms with van der Waals surface area (Å²) in [6, 6.07) is 14.0. The van der Waals surface area contributed by atoms with Crippen LogP contribution in [0.1, 0.15) is 30.9 Å². The lowest BCUT2D eigenvalue weighted by molar-refractivity contribution is -0.156. The molecule has 1 aliphatic carbocycles. The molecule has 34 heavy (non-hydrogen) atoms. The van der Waals surface area contributed by atoms with Gasteiger partial charge in [0.2, 0.25) is 5.91 Å². The third kappa shape index (κ3) is 4.50. The maximum absolute atomic E-state index is 13.3. The van der Waals surface area contributed by atoms with Crippen LogP contribution in [0.5, 0.6) is 0 Å². The first-order valence-electron chi connectivity index (χ1n) is 11.0. The summed E-state index contributed by atoms with van der Waals surface area (Å²) in [5, 5.41) is 12.2. The number of carbonyl (C=O) groups excluding carboxylic acids is 2. The van der Waals surface area contributed by atoms with Gasteiger partial charge in [0.25, 0.3) is 0 Å². The van der Waals surface area contributed by atoms with Crippen LogP contribution in [-0.4, -0.2) is 71.0 Å². The molecule has 1 saturated heterocycles. The van der Waals surface area contributed by atoms with Crippen molar-refractivity contribution in [3.63, 3.8) is 0 Å². The van der Waals surface area contributed by atoms with E-state index >= 15 is 0 Å². The molecule has 2 aromatic rings. The lowest BCUT2D eigenvalue weighted by Gasteiger charge is -2.34. The monoisotopic (exact) mass is 484 g/mol. The Hall–Kier alpha value is -3.04. The molecule has 180 valence electrons. The van der Waals surface area contributed by atoms with Gasteiger partial charge in [-0.25, -0.2) is 9.59 Å². The Morgan fingerprint density at radius 1 is 1.15 bits per heavy atom. The number of fused-ring (bicyclic) bond motifs is 3. The van der Waals surface area contributed by atoms with Gasteiger partial charge in [-0.1, -0.05) is 48.5 Å². The molecular weight excluding hydrogens is 456 g/mol. The summed E-state index contributed by atoms with van der Waals surface area (Å²) in [6.45, 7) is 3.29. The second-order valence-corrected chi connectivity index (χ2v) is 9.71. The average molecular weight is 485 g/mol. The van der Waals surface area contributed by atoms with Crippen molar-refractivity contribution in [2.75, 3.05) is 25.2 Å². The fourth-order valence-electron chi connectivity index (χ4n) is 4.69. The highest BCUT2D eigenvalue weighted by Crippen LogP contribution is 2.44. The van der Waals surface area contributed by atoms with Gasteiger partial charge < -0.3 is 19.9 Å². The Morgan fingerprint density at radius 2 is 1.74 bits per heavy atom. The fraction of sp³-hybridized carbons (Fsp3) is 0.400. The average Bonchev–Trinajstić information content (AvgIpc) is 3.31. The maximum Gasteiger partial charge on any atom is 0.407 e. The number of aliphatic carboxylic acids is 1. The number of thioether (sulfide) groups is 1. The molecule has 1 fully saturated rings. The van der Waals surface area contributed by atoms with Crippen LogP contribution in [0.2, 0.25) is 0 Å². The quantitative estimate of drug-likeness (QED) is 0.621. The zero-order valence-corrected chi connectivity index (χ0v) is 20.1. The highest BCUT2D eigenvalue weighted by atomic mass is 32.2. The number of rotatable bonds is 7. The van der Waals surface area contributed by atoms with Crippen molar-refractivity contribution < 1.29 is 29.0 Å². The van der Waals surface area contributed by atoms with Gasteiger partial charge in [-0.2, -0.15) is 11.8 Å². The van der Waals surface area contributed by atoms with E-state index in [1.165, 1.54) is 16.7 Å². The molecule has 2 atom stereocenters. The number of amides is 2. The van der Waals surface area contributed by atoms with Crippen molar-refractivity contribution in [1.29, 1.82) is 0 Å². The van der Waals surface area contributed by atoms with Crippen molar-refractivity contribution in [3.05, 3.63) is 59.7 Å². The minimum Gasteiger partial charge on any atom is -0.480 e. The first kappa shape index (κ1) is 24.1. The standard InChI is InChI=1S/C25H28N2O6S/c1-25(2)27(21(13-33-25)23(29)30)22(28)20(14-34-3)26-24(31)32-12-19-17-10-6-4-8-15(17)16-9-5-7-11-18(16)19/h4-11,19-21H,12-14H2,1-3H3,(H,26,31)(H,29,30)/t20-,21?/m1/s1. The molecular formula is C25H28N2O6S. The molecule has 2 aromatic carbocycles. The molecule has 9 heteroatoms. The number of ether oxygens (including phenoxy) is 2. The molecule has 0 aromatic heterocycles. The van der Waals surface area contributed by atoms with Crippen LogP contribution in [0.3, 0.4) is 0 Å². The highest BCUT2D eigenvalue weighted by Gasteiger charge is 2.49. The molecule has 1 unspecified atom stereocenters.